The first-order chi connectivity index (χ1) is 6.22. The third-order valence-electron chi connectivity index (χ3n) is 2.41. The molecule has 0 amide bonds. The van der Waals surface area contributed by atoms with Crippen LogP contribution < -0.4 is 0 Å². The van der Waals surface area contributed by atoms with Crippen molar-refractivity contribution in [3.05, 3.63) is 23.2 Å². The summed E-state index contributed by atoms with van der Waals surface area (Å²) in [5.41, 5.74) is 0.706. The van der Waals surface area contributed by atoms with E-state index >= 15 is 0 Å². The summed E-state index contributed by atoms with van der Waals surface area (Å²) in [5.74, 6) is 2.14. The van der Waals surface area contributed by atoms with E-state index in [1.165, 1.54) is 0 Å². The van der Waals surface area contributed by atoms with Gasteiger partial charge in [-0.3, -0.25) is 4.79 Å². The Balaban J connectivity index is 2.98. The van der Waals surface area contributed by atoms with E-state index < -0.39 is 0 Å². The van der Waals surface area contributed by atoms with Crippen LogP contribution in [0.1, 0.15) is 55.0 Å². The second-order valence-corrected chi connectivity index (χ2v) is 3.31. The van der Waals surface area contributed by atoms with Gasteiger partial charge < -0.3 is 4.42 Å². The van der Waals surface area contributed by atoms with E-state index in [4.69, 9.17) is 4.42 Å². The Morgan fingerprint density at radius 1 is 1.54 bits per heavy atom. The lowest BCUT2D eigenvalue weighted by atomic mass is 10.1. The van der Waals surface area contributed by atoms with Gasteiger partial charge in [-0.25, -0.2) is 0 Å². The van der Waals surface area contributed by atoms with Crippen molar-refractivity contribution < 1.29 is 9.21 Å². The van der Waals surface area contributed by atoms with Gasteiger partial charge >= 0.3 is 0 Å². The van der Waals surface area contributed by atoms with E-state index in [0.717, 1.165) is 30.6 Å². The van der Waals surface area contributed by atoms with Gasteiger partial charge in [-0.05, 0) is 12.5 Å². The standard InChI is InChI=1S/C11H16O2/c1-4-8(3)11-6-9(7-12)10(5-2)13-11/h6-8H,4-5H2,1-3H3. The molecule has 1 aromatic rings. The molecule has 72 valence electrons. The van der Waals surface area contributed by atoms with Crippen LogP contribution in [0.15, 0.2) is 10.5 Å². The number of hydrogen-bond donors (Lipinski definition) is 0. The predicted molar refractivity (Wildman–Crippen MR) is 52.2 cm³/mol. The molecule has 0 spiro atoms. The first-order valence-electron chi connectivity index (χ1n) is 4.80. The van der Waals surface area contributed by atoms with Crippen molar-refractivity contribution in [2.45, 2.75) is 39.5 Å². The highest BCUT2D eigenvalue weighted by atomic mass is 16.3. The molecular formula is C11H16O2. The van der Waals surface area contributed by atoms with Crippen LogP contribution in [0.5, 0.6) is 0 Å². The van der Waals surface area contributed by atoms with Gasteiger partial charge in [0.05, 0.1) is 5.56 Å². The SMILES string of the molecule is CCc1oc(C(C)CC)cc1C=O. The molecule has 1 heterocycles. The Labute approximate surface area is 78.9 Å². The Kier molecular flexibility index (Phi) is 3.29. The minimum Gasteiger partial charge on any atom is -0.465 e. The molecule has 1 rings (SSSR count). The van der Waals surface area contributed by atoms with E-state index in [-0.39, 0.29) is 0 Å². The van der Waals surface area contributed by atoms with Crippen molar-refractivity contribution in [2.24, 2.45) is 0 Å². The molecule has 0 aliphatic carbocycles. The average Bonchev–Trinajstić information content (AvgIpc) is 2.59. The normalized spacial score (nSPS) is 12.8. The third-order valence-corrected chi connectivity index (χ3v) is 2.41. The van der Waals surface area contributed by atoms with Gasteiger partial charge in [-0.2, -0.15) is 0 Å². The molecule has 0 aliphatic rings. The fraction of sp³-hybridized carbons (Fsp3) is 0.545. The predicted octanol–water partition coefficient (Wildman–Crippen LogP) is 3.17. The van der Waals surface area contributed by atoms with Gasteiger partial charge in [0.15, 0.2) is 6.29 Å². The molecule has 1 aromatic heterocycles. The molecule has 0 bridgehead atoms. The largest absolute Gasteiger partial charge is 0.465 e. The number of carbonyl (C=O) groups excluding carboxylic acids is 1. The number of aldehydes is 1. The van der Waals surface area contributed by atoms with Crippen LogP contribution in [0.25, 0.3) is 0 Å². The zero-order valence-corrected chi connectivity index (χ0v) is 8.46. The lowest BCUT2D eigenvalue weighted by molar-refractivity contribution is 0.112. The van der Waals surface area contributed by atoms with Gasteiger partial charge in [0.2, 0.25) is 0 Å². The molecular weight excluding hydrogens is 164 g/mol. The van der Waals surface area contributed by atoms with Crippen LogP contribution in [-0.4, -0.2) is 6.29 Å². The summed E-state index contributed by atoms with van der Waals surface area (Å²) >= 11 is 0. The lowest BCUT2D eigenvalue weighted by Crippen LogP contribution is -1.86. The molecule has 2 nitrogen and oxygen atoms in total. The Morgan fingerprint density at radius 3 is 2.62 bits per heavy atom. The third kappa shape index (κ3) is 2.00. The highest BCUT2D eigenvalue weighted by Crippen LogP contribution is 2.24. The van der Waals surface area contributed by atoms with Gasteiger partial charge in [0, 0.05) is 12.3 Å². The van der Waals surface area contributed by atoms with Crippen LogP contribution in [0.4, 0.5) is 0 Å². The monoisotopic (exact) mass is 180 g/mol. The zero-order valence-electron chi connectivity index (χ0n) is 8.46. The summed E-state index contributed by atoms with van der Waals surface area (Å²) in [5, 5.41) is 0. The fourth-order valence-corrected chi connectivity index (χ4v) is 1.28. The summed E-state index contributed by atoms with van der Waals surface area (Å²) in [6.07, 6.45) is 2.69. The Bertz CT molecular complexity index is 286. The maximum Gasteiger partial charge on any atom is 0.153 e. The number of aryl methyl sites for hydroxylation is 1. The summed E-state index contributed by atoms with van der Waals surface area (Å²) in [4.78, 5) is 10.7. The van der Waals surface area contributed by atoms with Crippen LogP contribution in [0.2, 0.25) is 0 Å². The second kappa shape index (κ2) is 4.26. The highest BCUT2D eigenvalue weighted by molar-refractivity contribution is 5.76. The van der Waals surface area contributed by atoms with Crippen molar-refractivity contribution in [1.82, 2.24) is 0 Å². The molecule has 0 aliphatic heterocycles. The van der Waals surface area contributed by atoms with Gasteiger partial charge in [0.1, 0.15) is 11.5 Å². The fourth-order valence-electron chi connectivity index (χ4n) is 1.28. The first kappa shape index (κ1) is 10.0. The van der Waals surface area contributed by atoms with Gasteiger partial charge in [-0.1, -0.05) is 20.8 Å². The van der Waals surface area contributed by atoms with Crippen LogP contribution in [0.3, 0.4) is 0 Å². The van der Waals surface area contributed by atoms with Crippen LogP contribution in [0, 0.1) is 0 Å². The van der Waals surface area contributed by atoms with Crippen molar-refractivity contribution in [3.8, 4) is 0 Å². The minimum atomic E-state index is 0.402. The summed E-state index contributed by atoms with van der Waals surface area (Å²) in [6.45, 7) is 6.21. The Hall–Kier alpha value is -1.05. The molecule has 0 fully saturated rings. The van der Waals surface area contributed by atoms with Gasteiger partial charge in [0.25, 0.3) is 0 Å². The minimum absolute atomic E-state index is 0.402. The van der Waals surface area contributed by atoms with Crippen molar-refractivity contribution in [1.29, 1.82) is 0 Å². The molecule has 1 unspecified atom stereocenters. The molecule has 0 aromatic carbocycles. The van der Waals surface area contributed by atoms with Crippen molar-refractivity contribution >= 4 is 6.29 Å². The quantitative estimate of drug-likeness (QED) is 0.666. The van der Waals surface area contributed by atoms with Crippen LogP contribution >= 0.6 is 0 Å². The van der Waals surface area contributed by atoms with E-state index in [1.54, 1.807) is 0 Å². The molecule has 0 saturated carbocycles. The van der Waals surface area contributed by atoms with Gasteiger partial charge in [-0.15, -0.1) is 0 Å². The summed E-state index contributed by atoms with van der Waals surface area (Å²) in [7, 11) is 0. The first-order valence-corrected chi connectivity index (χ1v) is 4.80. The smallest absolute Gasteiger partial charge is 0.153 e. The van der Waals surface area contributed by atoms with E-state index in [1.807, 2.05) is 13.0 Å². The average molecular weight is 180 g/mol. The number of hydrogen-bond acceptors (Lipinski definition) is 2. The van der Waals surface area contributed by atoms with Crippen LogP contribution in [-0.2, 0) is 6.42 Å². The zero-order chi connectivity index (χ0) is 9.84. The molecule has 0 N–H and O–H groups in total. The van der Waals surface area contributed by atoms with E-state index in [9.17, 15) is 4.79 Å². The molecule has 0 radical (unpaired) electrons. The molecule has 1 atom stereocenters. The molecule has 13 heavy (non-hydrogen) atoms. The van der Waals surface area contributed by atoms with E-state index in [2.05, 4.69) is 13.8 Å². The van der Waals surface area contributed by atoms with E-state index in [0.29, 0.717) is 11.5 Å². The number of furan rings is 1. The summed E-state index contributed by atoms with van der Waals surface area (Å²) in [6, 6.07) is 1.86. The molecule has 2 heteroatoms. The highest BCUT2D eigenvalue weighted by Gasteiger charge is 2.12. The maximum absolute atomic E-state index is 10.7. The Morgan fingerprint density at radius 2 is 2.23 bits per heavy atom. The maximum atomic E-state index is 10.7. The van der Waals surface area contributed by atoms with Crippen molar-refractivity contribution in [2.75, 3.05) is 0 Å². The number of carbonyl (C=O) groups is 1. The molecule has 0 saturated heterocycles. The topological polar surface area (TPSA) is 30.2 Å². The summed E-state index contributed by atoms with van der Waals surface area (Å²) < 4.78 is 5.58. The second-order valence-electron chi connectivity index (χ2n) is 3.31. The number of rotatable bonds is 4. The lowest BCUT2D eigenvalue weighted by Gasteiger charge is -2.02. The van der Waals surface area contributed by atoms with Crippen molar-refractivity contribution in [3.63, 3.8) is 0 Å².